The molecule has 2 aromatic rings. The fourth-order valence-electron chi connectivity index (χ4n) is 3.09. The van der Waals surface area contributed by atoms with Crippen molar-refractivity contribution < 1.29 is 4.79 Å². The van der Waals surface area contributed by atoms with Crippen LogP contribution in [0.1, 0.15) is 44.7 Å². The van der Waals surface area contributed by atoms with Crippen LogP contribution in [0.3, 0.4) is 0 Å². The molecule has 3 rings (SSSR count). The van der Waals surface area contributed by atoms with Gasteiger partial charge in [0.15, 0.2) is 5.82 Å². The minimum absolute atomic E-state index is 0.253. The second-order valence-corrected chi connectivity index (χ2v) is 6.74. The second-order valence-electron chi connectivity index (χ2n) is 6.74. The number of carbonyl (C=O) groups is 1. The number of piperidine rings is 1. The molecule has 0 radical (unpaired) electrons. The summed E-state index contributed by atoms with van der Waals surface area (Å²) in [5.41, 5.74) is 0.922. The number of aromatic nitrogens is 4. The van der Waals surface area contributed by atoms with Crippen molar-refractivity contribution in [1.82, 2.24) is 24.8 Å². The maximum atomic E-state index is 12.2. The fourth-order valence-corrected chi connectivity index (χ4v) is 3.09. The zero-order valence-corrected chi connectivity index (χ0v) is 14.7. The van der Waals surface area contributed by atoms with Gasteiger partial charge in [-0.3, -0.25) is 9.78 Å². The molecule has 1 N–H and O–H groups in total. The number of nitrogens with one attached hydrogen (secondary N) is 1. The first kappa shape index (κ1) is 17.3. The summed E-state index contributed by atoms with van der Waals surface area (Å²) in [6.07, 6.45) is 9.15. The Hall–Kier alpha value is -2.57. The molecule has 1 aliphatic heterocycles. The quantitative estimate of drug-likeness (QED) is 0.901. The van der Waals surface area contributed by atoms with Crippen molar-refractivity contribution in [3.63, 3.8) is 0 Å². The van der Waals surface area contributed by atoms with Gasteiger partial charge in [0.05, 0.1) is 5.69 Å². The van der Waals surface area contributed by atoms with Crippen LogP contribution in [0.15, 0.2) is 30.9 Å². The molecule has 1 amide bonds. The number of nitrogens with zero attached hydrogens (tertiary/aromatic N) is 5. The van der Waals surface area contributed by atoms with E-state index in [1.165, 1.54) is 0 Å². The van der Waals surface area contributed by atoms with Gasteiger partial charge >= 0.3 is 0 Å². The van der Waals surface area contributed by atoms with E-state index in [0.717, 1.165) is 31.6 Å². The van der Waals surface area contributed by atoms with E-state index < -0.39 is 0 Å². The molecule has 1 saturated heterocycles. The van der Waals surface area contributed by atoms with Crippen molar-refractivity contribution >= 4 is 17.7 Å². The monoisotopic (exact) mass is 340 g/mol. The van der Waals surface area contributed by atoms with Crippen molar-refractivity contribution in [2.45, 2.75) is 39.0 Å². The number of hydrogen-bond donors (Lipinski definition) is 1. The Labute approximate surface area is 147 Å². The number of amides is 1. The van der Waals surface area contributed by atoms with Crippen molar-refractivity contribution in [3.8, 4) is 0 Å². The Kier molecular flexibility index (Phi) is 5.53. The largest absolute Gasteiger partial charge is 0.343 e. The summed E-state index contributed by atoms with van der Waals surface area (Å²) in [5.74, 6) is 2.13. The van der Waals surface area contributed by atoms with E-state index in [1.54, 1.807) is 30.9 Å². The molecule has 0 aromatic carbocycles. The molecule has 7 heteroatoms. The molecule has 132 valence electrons. The van der Waals surface area contributed by atoms with Gasteiger partial charge in [0, 0.05) is 50.2 Å². The topological polar surface area (TPSA) is 83.9 Å². The van der Waals surface area contributed by atoms with Crippen LogP contribution in [0.5, 0.6) is 0 Å². The van der Waals surface area contributed by atoms with Gasteiger partial charge < -0.3 is 10.2 Å². The fraction of sp³-hybridized carbons (Fsp3) is 0.500. The van der Waals surface area contributed by atoms with E-state index in [1.807, 2.05) is 4.90 Å². The molecule has 0 aliphatic carbocycles. The summed E-state index contributed by atoms with van der Waals surface area (Å²) in [4.78, 5) is 31.5. The molecule has 0 unspecified atom stereocenters. The van der Waals surface area contributed by atoms with Crippen LogP contribution in [0.25, 0.3) is 0 Å². The minimum Gasteiger partial charge on any atom is -0.343 e. The van der Waals surface area contributed by atoms with Crippen LogP contribution < -0.4 is 5.32 Å². The molecule has 1 aliphatic rings. The van der Waals surface area contributed by atoms with Crippen LogP contribution >= 0.6 is 0 Å². The summed E-state index contributed by atoms with van der Waals surface area (Å²) in [6, 6.07) is 1.77. The van der Waals surface area contributed by atoms with Crippen LogP contribution in [0, 0.1) is 5.92 Å². The van der Waals surface area contributed by atoms with E-state index in [9.17, 15) is 4.79 Å². The highest BCUT2D eigenvalue weighted by molar-refractivity contribution is 5.76. The highest BCUT2D eigenvalue weighted by Gasteiger charge is 2.27. The van der Waals surface area contributed by atoms with Crippen molar-refractivity contribution in [2.24, 2.45) is 5.92 Å². The number of rotatable bonds is 5. The van der Waals surface area contributed by atoms with E-state index in [0.29, 0.717) is 24.1 Å². The van der Waals surface area contributed by atoms with E-state index >= 15 is 0 Å². The number of likely N-dealkylation sites (tertiary alicyclic amines) is 1. The highest BCUT2D eigenvalue weighted by atomic mass is 16.2. The molecule has 0 atom stereocenters. The molecule has 3 heterocycles. The van der Waals surface area contributed by atoms with Gasteiger partial charge in [-0.2, -0.15) is 0 Å². The van der Waals surface area contributed by atoms with Gasteiger partial charge in [-0.1, -0.05) is 13.8 Å². The summed E-state index contributed by atoms with van der Waals surface area (Å²) < 4.78 is 0. The zero-order chi connectivity index (χ0) is 17.6. The van der Waals surface area contributed by atoms with Gasteiger partial charge in [-0.25, -0.2) is 15.0 Å². The maximum Gasteiger partial charge on any atom is 0.228 e. The van der Waals surface area contributed by atoms with Crippen LogP contribution in [0.4, 0.5) is 11.8 Å². The molecule has 25 heavy (non-hydrogen) atoms. The molecule has 7 nitrogen and oxygen atoms in total. The first-order valence-corrected chi connectivity index (χ1v) is 8.76. The average Bonchev–Trinajstić information content (AvgIpc) is 2.63. The van der Waals surface area contributed by atoms with Gasteiger partial charge in [0.1, 0.15) is 0 Å². The Morgan fingerprint density at radius 3 is 2.48 bits per heavy atom. The summed E-state index contributed by atoms with van der Waals surface area (Å²) in [7, 11) is 0. The van der Waals surface area contributed by atoms with Gasteiger partial charge in [0.2, 0.25) is 11.9 Å². The lowest BCUT2D eigenvalue weighted by Gasteiger charge is -2.32. The Morgan fingerprint density at radius 2 is 1.80 bits per heavy atom. The average molecular weight is 340 g/mol. The smallest absolute Gasteiger partial charge is 0.228 e. The third-order valence-electron chi connectivity index (χ3n) is 4.34. The van der Waals surface area contributed by atoms with Gasteiger partial charge in [0.25, 0.3) is 0 Å². The lowest BCUT2D eigenvalue weighted by atomic mass is 9.92. The van der Waals surface area contributed by atoms with Crippen molar-refractivity contribution in [2.75, 3.05) is 18.4 Å². The lowest BCUT2D eigenvalue weighted by molar-refractivity contribution is -0.133. The van der Waals surface area contributed by atoms with E-state index in [4.69, 9.17) is 0 Å². The zero-order valence-electron chi connectivity index (χ0n) is 14.7. The van der Waals surface area contributed by atoms with Crippen molar-refractivity contribution in [1.29, 1.82) is 0 Å². The number of hydrogen-bond acceptors (Lipinski definition) is 6. The summed E-state index contributed by atoms with van der Waals surface area (Å²) in [5, 5.41) is 3.15. The molecule has 0 spiro atoms. The normalized spacial score (nSPS) is 15.4. The molecule has 0 saturated carbocycles. The standard InChI is InChI=1S/C18H24N6O/c1-13(2)12-15(25)24-10-4-14(5-11-24)16-17(20-9-8-19-16)23-18-21-6-3-7-22-18/h3,6-9,13-14H,4-5,10-12H2,1-2H3,(H,20,21,22,23). The first-order chi connectivity index (χ1) is 12.1. The SMILES string of the molecule is CC(C)CC(=O)N1CCC(c2nccnc2Nc2ncccn2)CC1. The van der Waals surface area contributed by atoms with E-state index in [2.05, 4.69) is 39.1 Å². The predicted octanol–water partition coefficient (Wildman–Crippen LogP) is 2.76. The van der Waals surface area contributed by atoms with Crippen LogP contribution in [-0.2, 0) is 4.79 Å². The summed E-state index contributed by atoms with van der Waals surface area (Å²) in [6.45, 7) is 5.70. The minimum atomic E-state index is 0.253. The highest BCUT2D eigenvalue weighted by Crippen LogP contribution is 2.31. The number of carbonyl (C=O) groups excluding carboxylic acids is 1. The molecular formula is C18H24N6O. The van der Waals surface area contributed by atoms with Crippen LogP contribution in [-0.4, -0.2) is 43.8 Å². The predicted molar refractivity (Wildman–Crippen MR) is 95.4 cm³/mol. The third-order valence-corrected chi connectivity index (χ3v) is 4.34. The lowest BCUT2D eigenvalue weighted by Crippen LogP contribution is -2.38. The Morgan fingerprint density at radius 1 is 1.12 bits per heavy atom. The van der Waals surface area contributed by atoms with Crippen molar-refractivity contribution in [3.05, 3.63) is 36.5 Å². The molecule has 1 fully saturated rings. The van der Waals surface area contributed by atoms with Gasteiger partial charge in [-0.05, 0) is 24.8 Å². The molecular weight excluding hydrogens is 316 g/mol. The Balaban J connectivity index is 1.66. The van der Waals surface area contributed by atoms with E-state index in [-0.39, 0.29) is 11.8 Å². The Bertz CT molecular complexity index is 698. The third kappa shape index (κ3) is 4.49. The number of anilines is 2. The first-order valence-electron chi connectivity index (χ1n) is 8.76. The summed E-state index contributed by atoms with van der Waals surface area (Å²) >= 11 is 0. The van der Waals surface area contributed by atoms with Crippen LogP contribution in [0.2, 0.25) is 0 Å². The maximum absolute atomic E-state index is 12.2. The molecule has 2 aromatic heterocycles. The second kappa shape index (κ2) is 8.00. The molecule has 0 bridgehead atoms. The van der Waals surface area contributed by atoms with Gasteiger partial charge in [-0.15, -0.1) is 0 Å².